The highest BCUT2D eigenvalue weighted by Gasteiger charge is 2.51. The average molecular weight is 308 g/mol. The van der Waals surface area contributed by atoms with E-state index in [0.29, 0.717) is 12.8 Å². The zero-order chi connectivity index (χ0) is 15.7. The zero-order valence-corrected chi connectivity index (χ0v) is 12.3. The lowest BCUT2D eigenvalue weighted by atomic mass is 9.82. The molecule has 1 saturated heterocycles. The van der Waals surface area contributed by atoms with E-state index in [-0.39, 0.29) is 11.9 Å². The molecule has 3 aliphatic rings. The Balaban J connectivity index is 1.57. The highest BCUT2D eigenvalue weighted by atomic mass is 16.2. The summed E-state index contributed by atoms with van der Waals surface area (Å²) < 4.78 is 0. The molecule has 1 spiro atoms. The van der Waals surface area contributed by atoms with Crippen LogP contribution in [-0.4, -0.2) is 46.9 Å². The first kappa shape index (κ1) is 14.8. The molecule has 22 heavy (non-hydrogen) atoms. The third-order valence-electron chi connectivity index (χ3n) is 4.42. The van der Waals surface area contributed by atoms with Crippen LogP contribution in [0.3, 0.4) is 0 Å². The second-order valence-corrected chi connectivity index (χ2v) is 6.26. The van der Waals surface area contributed by atoms with E-state index >= 15 is 0 Å². The van der Waals surface area contributed by atoms with E-state index in [1.165, 1.54) is 0 Å². The predicted octanol–water partition coefficient (Wildman–Crippen LogP) is 0.229. The summed E-state index contributed by atoms with van der Waals surface area (Å²) >= 11 is 0. The van der Waals surface area contributed by atoms with Gasteiger partial charge in [0, 0.05) is 6.04 Å². The van der Waals surface area contributed by atoms with Gasteiger partial charge in [-0.1, -0.05) is 19.3 Å². The van der Waals surface area contributed by atoms with Crippen molar-refractivity contribution in [3.8, 4) is 0 Å². The van der Waals surface area contributed by atoms with Crippen LogP contribution in [0, 0.1) is 0 Å². The number of amides is 6. The maximum Gasteiger partial charge on any atom is 0.325 e. The van der Waals surface area contributed by atoms with Crippen LogP contribution in [0.1, 0.15) is 44.9 Å². The molecule has 0 aromatic carbocycles. The maximum absolute atomic E-state index is 12.5. The van der Waals surface area contributed by atoms with E-state index in [2.05, 4.69) is 16.0 Å². The summed E-state index contributed by atoms with van der Waals surface area (Å²) in [6.45, 7) is -0.426. The second kappa shape index (κ2) is 5.58. The van der Waals surface area contributed by atoms with Crippen LogP contribution in [0.15, 0.2) is 0 Å². The van der Waals surface area contributed by atoms with Crippen molar-refractivity contribution < 1.29 is 19.2 Å². The first-order valence-electron chi connectivity index (χ1n) is 7.75. The van der Waals surface area contributed by atoms with Gasteiger partial charge in [-0.3, -0.25) is 19.8 Å². The van der Waals surface area contributed by atoms with Crippen LogP contribution in [-0.2, 0) is 9.59 Å². The summed E-state index contributed by atoms with van der Waals surface area (Å²) in [7, 11) is 0. The first-order chi connectivity index (χ1) is 10.5. The highest BCUT2D eigenvalue weighted by molar-refractivity contribution is 6.10. The van der Waals surface area contributed by atoms with Gasteiger partial charge < -0.3 is 10.6 Å². The number of nitrogens with zero attached hydrogens (tertiary/aromatic N) is 1. The summed E-state index contributed by atoms with van der Waals surface area (Å²) in [5.74, 6) is -1.01. The van der Waals surface area contributed by atoms with Crippen molar-refractivity contribution in [1.82, 2.24) is 20.9 Å². The SMILES string of the molecule is O=C(CN1C(=O)NC2(CCCCC2)C1=O)NC(=O)NC1CC1. The van der Waals surface area contributed by atoms with Crippen LogP contribution < -0.4 is 16.0 Å². The number of imide groups is 2. The number of urea groups is 2. The molecular formula is C14H20N4O4. The Hall–Kier alpha value is -2.12. The molecule has 8 heteroatoms. The molecule has 0 unspecified atom stereocenters. The van der Waals surface area contributed by atoms with E-state index in [1.54, 1.807) is 0 Å². The highest BCUT2D eigenvalue weighted by Crippen LogP contribution is 2.33. The molecule has 3 fully saturated rings. The maximum atomic E-state index is 12.5. The van der Waals surface area contributed by atoms with Gasteiger partial charge >= 0.3 is 12.1 Å². The van der Waals surface area contributed by atoms with Crippen molar-refractivity contribution in [1.29, 1.82) is 0 Å². The van der Waals surface area contributed by atoms with Crippen LogP contribution in [0.4, 0.5) is 9.59 Å². The Bertz CT molecular complexity index is 523. The number of hydrogen-bond donors (Lipinski definition) is 3. The molecule has 0 bridgehead atoms. The largest absolute Gasteiger partial charge is 0.335 e. The number of hydrogen-bond acceptors (Lipinski definition) is 4. The summed E-state index contributed by atoms with van der Waals surface area (Å²) in [6.07, 6.45) is 5.86. The summed E-state index contributed by atoms with van der Waals surface area (Å²) in [6, 6.07) is -0.994. The summed E-state index contributed by atoms with van der Waals surface area (Å²) in [4.78, 5) is 48.7. The molecule has 0 atom stereocenters. The third kappa shape index (κ3) is 2.90. The second-order valence-electron chi connectivity index (χ2n) is 6.26. The van der Waals surface area contributed by atoms with Gasteiger partial charge in [-0.25, -0.2) is 9.59 Å². The Morgan fingerprint density at radius 3 is 2.50 bits per heavy atom. The standard InChI is InChI=1S/C14H20N4O4/c19-10(16-12(21)15-9-4-5-9)8-18-11(20)14(17-13(18)22)6-2-1-3-7-14/h9H,1-8H2,(H,17,22)(H2,15,16,19,21). The van der Waals surface area contributed by atoms with Crippen molar-refractivity contribution >= 4 is 23.9 Å². The average Bonchev–Trinajstić information content (AvgIpc) is 3.25. The van der Waals surface area contributed by atoms with Crippen LogP contribution in [0.2, 0.25) is 0 Å². The molecule has 3 rings (SSSR count). The molecule has 2 saturated carbocycles. The number of carbonyl (C=O) groups excluding carboxylic acids is 4. The van der Waals surface area contributed by atoms with E-state index in [0.717, 1.165) is 37.0 Å². The fourth-order valence-corrected chi connectivity index (χ4v) is 3.07. The van der Waals surface area contributed by atoms with Gasteiger partial charge in [0.15, 0.2) is 0 Å². The Kier molecular flexibility index (Phi) is 3.76. The van der Waals surface area contributed by atoms with Crippen LogP contribution in [0.25, 0.3) is 0 Å². The smallest absolute Gasteiger partial charge is 0.325 e. The van der Waals surface area contributed by atoms with Gasteiger partial charge in [0.05, 0.1) is 0 Å². The van der Waals surface area contributed by atoms with Gasteiger partial charge in [0.25, 0.3) is 5.91 Å². The molecule has 3 N–H and O–H groups in total. The van der Waals surface area contributed by atoms with Crippen molar-refractivity contribution in [2.24, 2.45) is 0 Å². The molecule has 8 nitrogen and oxygen atoms in total. The fraction of sp³-hybridized carbons (Fsp3) is 0.714. The molecule has 6 amide bonds. The lowest BCUT2D eigenvalue weighted by Crippen LogP contribution is -2.49. The summed E-state index contributed by atoms with van der Waals surface area (Å²) in [5, 5.41) is 7.49. The lowest BCUT2D eigenvalue weighted by Gasteiger charge is -2.30. The number of carbonyl (C=O) groups is 4. The van der Waals surface area contributed by atoms with Crippen LogP contribution in [0.5, 0.6) is 0 Å². The van der Waals surface area contributed by atoms with E-state index in [9.17, 15) is 19.2 Å². The van der Waals surface area contributed by atoms with Crippen molar-refractivity contribution in [3.63, 3.8) is 0 Å². The third-order valence-corrected chi connectivity index (χ3v) is 4.42. The van der Waals surface area contributed by atoms with Crippen molar-refractivity contribution in [3.05, 3.63) is 0 Å². The fourth-order valence-electron chi connectivity index (χ4n) is 3.07. The van der Waals surface area contributed by atoms with Crippen molar-refractivity contribution in [2.75, 3.05) is 6.54 Å². The quantitative estimate of drug-likeness (QED) is 0.649. The minimum Gasteiger partial charge on any atom is -0.335 e. The topological polar surface area (TPSA) is 108 Å². The van der Waals surface area contributed by atoms with Crippen LogP contribution >= 0.6 is 0 Å². The molecule has 120 valence electrons. The van der Waals surface area contributed by atoms with E-state index in [1.807, 2.05) is 0 Å². The molecule has 1 heterocycles. The van der Waals surface area contributed by atoms with Gasteiger partial charge in [0.1, 0.15) is 12.1 Å². The Labute approximate surface area is 128 Å². The van der Waals surface area contributed by atoms with Gasteiger partial charge in [-0.05, 0) is 25.7 Å². The lowest BCUT2D eigenvalue weighted by molar-refractivity contribution is -0.135. The van der Waals surface area contributed by atoms with E-state index in [4.69, 9.17) is 0 Å². The Morgan fingerprint density at radius 2 is 1.86 bits per heavy atom. The van der Waals surface area contributed by atoms with Gasteiger partial charge in [-0.2, -0.15) is 0 Å². The predicted molar refractivity (Wildman–Crippen MR) is 75.8 cm³/mol. The number of rotatable bonds is 3. The minimum absolute atomic E-state index is 0.134. The molecule has 0 radical (unpaired) electrons. The molecule has 2 aliphatic carbocycles. The molecule has 0 aromatic rings. The van der Waals surface area contributed by atoms with Gasteiger partial charge in [-0.15, -0.1) is 0 Å². The van der Waals surface area contributed by atoms with Gasteiger partial charge in [0.2, 0.25) is 5.91 Å². The Morgan fingerprint density at radius 1 is 1.18 bits per heavy atom. The number of nitrogens with one attached hydrogen (secondary N) is 3. The zero-order valence-electron chi connectivity index (χ0n) is 12.3. The minimum atomic E-state index is -0.841. The molecule has 1 aliphatic heterocycles. The molecular weight excluding hydrogens is 288 g/mol. The van der Waals surface area contributed by atoms with E-state index < -0.39 is 30.1 Å². The monoisotopic (exact) mass is 308 g/mol. The summed E-state index contributed by atoms with van der Waals surface area (Å²) in [5.41, 5.74) is -0.841. The normalized spacial score (nSPS) is 23.4. The van der Waals surface area contributed by atoms with Crippen molar-refractivity contribution in [2.45, 2.75) is 56.5 Å². The first-order valence-corrected chi connectivity index (χ1v) is 7.75. The molecule has 0 aromatic heterocycles.